The first-order valence-electron chi connectivity index (χ1n) is 10.4. The number of aryl methyl sites for hydroxylation is 1. The maximum atomic E-state index is 13.0. The summed E-state index contributed by atoms with van der Waals surface area (Å²) < 4.78 is 34.1. The molecule has 0 radical (unpaired) electrons. The van der Waals surface area contributed by atoms with Crippen LogP contribution in [0.25, 0.3) is 0 Å². The zero-order valence-corrected chi connectivity index (χ0v) is 18.7. The van der Waals surface area contributed by atoms with E-state index in [2.05, 4.69) is 11.6 Å². The van der Waals surface area contributed by atoms with Gasteiger partial charge in [0.2, 0.25) is 10.0 Å². The summed E-state index contributed by atoms with van der Waals surface area (Å²) in [4.78, 5) is 14.8. The minimum Gasteiger partial charge on any atom is -0.496 e. The van der Waals surface area contributed by atoms with Gasteiger partial charge < -0.3 is 9.64 Å². The van der Waals surface area contributed by atoms with Crippen LogP contribution < -0.4 is 9.46 Å². The standard InChI is InChI=1S/C23H30N2O4S/c1-4-18-8-10-19(11-9-18)17(2)24-30(27,28)20-12-13-22(29-3)21(16-20)23(26)25-14-6-5-7-15-25/h8-13,16-17,24H,4-7,14-15H2,1-3H3/t17-/m0/s1. The second-order valence-electron chi connectivity index (χ2n) is 7.65. The Balaban J connectivity index is 1.84. The van der Waals surface area contributed by atoms with Crippen molar-refractivity contribution in [1.29, 1.82) is 0 Å². The van der Waals surface area contributed by atoms with E-state index in [1.165, 1.54) is 24.8 Å². The lowest BCUT2D eigenvalue weighted by molar-refractivity contribution is 0.0720. The number of nitrogens with zero attached hydrogens (tertiary/aromatic N) is 1. The molecule has 1 aliphatic rings. The summed E-state index contributed by atoms with van der Waals surface area (Å²) in [5.41, 5.74) is 2.36. The Morgan fingerprint density at radius 2 is 1.77 bits per heavy atom. The van der Waals surface area contributed by atoms with Gasteiger partial charge in [-0.1, -0.05) is 31.2 Å². The van der Waals surface area contributed by atoms with Gasteiger partial charge in [-0.25, -0.2) is 13.1 Å². The molecule has 0 unspecified atom stereocenters. The quantitative estimate of drug-likeness (QED) is 0.722. The molecule has 1 fully saturated rings. The number of carbonyl (C=O) groups excluding carboxylic acids is 1. The Kier molecular flexibility index (Phi) is 7.15. The van der Waals surface area contributed by atoms with Crippen molar-refractivity contribution in [2.24, 2.45) is 0 Å². The average molecular weight is 431 g/mol. The smallest absolute Gasteiger partial charge is 0.257 e. The van der Waals surface area contributed by atoms with E-state index in [0.29, 0.717) is 18.8 Å². The highest BCUT2D eigenvalue weighted by Crippen LogP contribution is 2.26. The van der Waals surface area contributed by atoms with Crippen molar-refractivity contribution in [3.63, 3.8) is 0 Å². The minimum atomic E-state index is -3.81. The molecule has 0 saturated carbocycles. The molecule has 30 heavy (non-hydrogen) atoms. The minimum absolute atomic E-state index is 0.0562. The molecule has 6 nitrogen and oxygen atoms in total. The van der Waals surface area contributed by atoms with Crippen molar-refractivity contribution >= 4 is 15.9 Å². The van der Waals surface area contributed by atoms with E-state index in [9.17, 15) is 13.2 Å². The van der Waals surface area contributed by atoms with Crippen LogP contribution in [0, 0.1) is 0 Å². The molecular formula is C23H30N2O4S. The van der Waals surface area contributed by atoms with Crippen LogP contribution in [0.5, 0.6) is 5.75 Å². The molecule has 1 atom stereocenters. The van der Waals surface area contributed by atoms with Crippen molar-refractivity contribution in [2.75, 3.05) is 20.2 Å². The van der Waals surface area contributed by atoms with Crippen LogP contribution in [-0.2, 0) is 16.4 Å². The topological polar surface area (TPSA) is 75.7 Å². The summed E-state index contributed by atoms with van der Waals surface area (Å²) in [5.74, 6) is 0.194. The average Bonchev–Trinajstić information content (AvgIpc) is 2.78. The number of nitrogens with one attached hydrogen (secondary N) is 1. The molecular weight excluding hydrogens is 400 g/mol. The third-order valence-electron chi connectivity index (χ3n) is 5.57. The highest BCUT2D eigenvalue weighted by molar-refractivity contribution is 7.89. The van der Waals surface area contributed by atoms with Gasteiger partial charge in [0.05, 0.1) is 17.6 Å². The highest BCUT2D eigenvalue weighted by Gasteiger charge is 2.25. The van der Waals surface area contributed by atoms with Crippen molar-refractivity contribution < 1.29 is 17.9 Å². The number of methoxy groups -OCH3 is 1. The lowest BCUT2D eigenvalue weighted by Crippen LogP contribution is -2.36. The lowest BCUT2D eigenvalue weighted by atomic mass is 10.1. The number of hydrogen-bond donors (Lipinski definition) is 1. The van der Waals surface area contributed by atoms with Gasteiger partial charge in [0.15, 0.2) is 0 Å². The number of likely N-dealkylation sites (tertiary alicyclic amines) is 1. The molecule has 2 aromatic carbocycles. The molecule has 7 heteroatoms. The van der Waals surface area contributed by atoms with E-state index in [0.717, 1.165) is 31.2 Å². The molecule has 2 aromatic rings. The van der Waals surface area contributed by atoms with Gasteiger partial charge >= 0.3 is 0 Å². The number of carbonyl (C=O) groups is 1. The number of sulfonamides is 1. The van der Waals surface area contributed by atoms with E-state index >= 15 is 0 Å². The first kappa shape index (κ1) is 22.3. The van der Waals surface area contributed by atoms with Crippen molar-refractivity contribution in [3.8, 4) is 5.75 Å². The largest absolute Gasteiger partial charge is 0.496 e. The van der Waals surface area contributed by atoms with Crippen LogP contribution >= 0.6 is 0 Å². The maximum absolute atomic E-state index is 13.0. The number of ether oxygens (including phenoxy) is 1. The molecule has 0 aliphatic carbocycles. The molecule has 162 valence electrons. The predicted octanol–water partition coefficient (Wildman–Crippen LogP) is 3.92. The monoisotopic (exact) mass is 430 g/mol. The molecule has 0 bridgehead atoms. The molecule has 1 aliphatic heterocycles. The summed E-state index contributed by atoms with van der Waals surface area (Å²) in [7, 11) is -2.33. The number of rotatable bonds is 7. The van der Waals surface area contributed by atoms with E-state index in [4.69, 9.17) is 4.74 Å². The van der Waals surface area contributed by atoms with Crippen LogP contribution in [0.1, 0.15) is 60.6 Å². The Labute approximate surface area is 179 Å². The van der Waals surface area contributed by atoms with Crippen molar-refractivity contribution in [2.45, 2.75) is 50.5 Å². The van der Waals surface area contributed by atoms with Crippen LogP contribution in [0.4, 0.5) is 0 Å². The number of piperidine rings is 1. The van der Waals surface area contributed by atoms with Crippen molar-refractivity contribution in [1.82, 2.24) is 9.62 Å². The van der Waals surface area contributed by atoms with Crippen molar-refractivity contribution in [3.05, 3.63) is 59.2 Å². The molecule has 1 saturated heterocycles. The van der Waals surface area contributed by atoms with Gasteiger partial charge in [-0.05, 0) is 61.9 Å². The normalized spacial score (nSPS) is 15.6. The summed E-state index contributed by atoms with van der Waals surface area (Å²) in [5, 5.41) is 0. The van der Waals surface area contributed by atoms with Gasteiger partial charge in [0.25, 0.3) is 5.91 Å². The lowest BCUT2D eigenvalue weighted by Gasteiger charge is -2.27. The number of benzene rings is 2. The number of amides is 1. The molecule has 0 spiro atoms. The first-order valence-corrected chi connectivity index (χ1v) is 11.9. The predicted molar refractivity (Wildman–Crippen MR) is 117 cm³/mol. The molecule has 1 N–H and O–H groups in total. The highest BCUT2D eigenvalue weighted by atomic mass is 32.2. The van der Waals surface area contributed by atoms with Gasteiger partial charge in [-0.2, -0.15) is 0 Å². The van der Waals surface area contributed by atoms with E-state index in [1.54, 1.807) is 11.0 Å². The van der Waals surface area contributed by atoms with Gasteiger partial charge in [0, 0.05) is 19.1 Å². The summed E-state index contributed by atoms with van der Waals surface area (Å²) in [6, 6.07) is 11.9. The zero-order valence-electron chi connectivity index (χ0n) is 17.8. The third kappa shape index (κ3) is 5.02. The summed E-state index contributed by atoms with van der Waals surface area (Å²) in [6.07, 6.45) is 3.96. The summed E-state index contributed by atoms with van der Waals surface area (Å²) in [6.45, 7) is 5.25. The fraction of sp³-hybridized carbons (Fsp3) is 0.435. The Bertz CT molecular complexity index is 981. The Morgan fingerprint density at radius 3 is 2.37 bits per heavy atom. The van der Waals surface area contributed by atoms with Gasteiger partial charge in [0.1, 0.15) is 5.75 Å². The third-order valence-corrected chi connectivity index (χ3v) is 7.11. The Hall–Kier alpha value is -2.38. The van der Waals surface area contributed by atoms with Gasteiger partial charge in [-0.3, -0.25) is 4.79 Å². The SMILES string of the molecule is CCc1ccc([C@H](C)NS(=O)(=O)c2ccc(OC)c(C(=O)N3CCCCC3)c2)cc1. The molecule has 0 aromatic heterocycles. The van der Waals surface area contributed by atoms with Crippen LogP contribution in [0.3, 0.4) is 0 Å². The van der Waals surface area contributed by atoms with Crippen LogP contribution in [0.15, 0.2) is 47.4 Å². The second kappa shape index (κ2) is 9.62. The van der Waals surface area contributed by atoms with Crippen LogP contribution in [0.2, 0.25) is 0 Å². The second-order valence-corrected chi connectivity index (χ2v) is 9.37. The molecule has 1 amide bonds. The van der Waals surface area contributed by atoms with E-state index < -0.39 is 16.1 Å². The fourth-order valence-electron chi connectivity index (χ4n) is 3.70. The molecule has 1 heterocycles. The number of hydrogen-bond acceptors (Lipinski definition) is 4. The first-order chi connectivity index (χ1) is 14.4. The molecule has 3 rings (SSSR count). The maximum Gasteiger partial charge on any atom is 0.257 e. The van der Waals surface area contributed by atoms with E-state index in [-0.39, 0.29) is 16.4 Å². The Morgan fingerprint density at radius 1 is 1.10 bits per heavy atom. The van der Waals surface area contributed by atoms with Gasteiger partial charge in [-0.15, -0.1) is 0 Å². The van der Waals surface area contributed by atoms with Crippen LogP contribution in [-0.4, -0.2) is 39.4 Å². The summed E-state index contributed by atoms with van der Waals surface area (Å²) >= 11 is 0. The zero-order chi connectivity index (χ0) is 21.7. The van der Waals surface area contributed by atoms with E-state index in [1.807, 2.05) is 31.2 Å². The fourth-order valence-corrected chi connectivity index (χ4v) is 4.96.